The molecule has 1 aromatic carbocycles. The topological polar surface area (TPSA) is 75.9 Å². The molecule has 7 nitrogen and oxygen atoms in total. The highest BCUT2D eigenvalue weighted by atomic mass is 16.5. The van der Waals surface area contributed by atoms with Gasteiger partial charge in [0, 0.05) is 62.3 Å². The van der Waals surface area contributed by atoms with E-state index in [0.29, 0.717) is 23.5 Å². The van der Waals surface area contributed by atoms with Crippen LogP contribution in [0.25, 0.3) is 11.0 Å². The Morgan fingerprint density at radius 3 is 2.58 bits per heavy atom. The first-order valence-corrected chi connectivity index (χ1v) is 10.6. The molecule has 0 aliphatic carbocycles. The summed E-state index contributed by atoms with van der Waals surface area (Å²) < 4.78 is 11.3. The number of benzene rings is 1. The zero-order chi connectivity index (χ0) is 21.8. The fourth-order valence-corrected chi connectivity index (χ4v) is 4.07. The number of hydrogen-bond donors (Lipinski definition) is 0. The molecule has 0 radical (unpaired) electrons. The molecule has 3 heterocycles. The number of Topliss-reactive ketones (excluding diaryl/α,β-unsaturated/α-hetero) is 1. The summed E-state index contributed by atoms with van der Waals surface area (Å²) in [4.78, 5) is 33.0. The van der Waals surface area contributed by atoms with Crippen LogP contribution in [0.15, 0.2) is 51.9 Å². The van der Waals surface area contributed by atoms with E-state index in [4.69, 9.17) is 9.15 Å². The summed E-state index contributed by atoms with van der Waals surface area (Å²) in [6.07, 6.45) is 4.50. The zero-order valence-electron chi connectivity index (χ0n) is 18.0. The SMILES string of the molecule is CC(=O)c1c(OCCCN2CCN(c3ccncc3)CC2)ccc2c(C)cc(=O)oc12. The van der Waals surface area contributed by atoms with Crippen LogP contribution in [-0.2, 0) is 0 Å². The van der Waals surface area contributed by atoms with E-state index >= 15 is 0 Å². The van der Waals surface area contributed by atoms with Crippen molar-refractivity contribution in [2.75, 3.05) is 44.2 Å². The van der Waals surface area contributed by atoms with Gasteiger partial charge in [-0.3, -0.25) is 14.7 Å². The van der Waals surface area contributed by atoms with Gasteiger partial charge in [0.1, 0.15) is 11.3 Å². The molecule has 2 aromatic heterocycles. The highest BCUT2D eigenvalue weighted by molar-refractivity contribution is 6.07. The largest absolute Gasteiger partial charge is 0.493 e. The highest BCUT2D eigenvalue weighted by Crippen LogP contribution is 2.29. The summed E-state index contributed by atoms with van der Waals surface area (Å²) in [5.41, 5.74) is 2.18. The van der Waals surface area contributed by atoms with Crippen molar-refractivity contribution in [1.82, 2.24) is 9.88 Å². The summed E-state index contributed by atoms with van der Waals surface area (Å²) in [5, 5.41) is 0.754. The van der Waals surface area contributed by atoms with E-state index in [0.717, 1.165) is 50.1 Å². The Morgan fingerprint density at radius 2 is 1.87 bits per heavy atom. The molecule has 31 heavy (non-hydrogen) atoms. The predicted octanol–water partition coefficient (Wildman–Crippen LogP) is 3.29. The molecule has 1 saturated heterocycles. The van der Waals surface area contributed by atoms with Gasteiger partial charge in [-0.2, -0.15) is 0 Å². The molecule has 3 aromatic rings. The van der Waals surface area contributed by atoms with Gasteiger partial charge in [-0.05, 0) is 50.1 Å². The van der Waals surface area contributed by atoms with Crippen molar-refractivity contribution in [1.29, 1.82) is 0 Å². The van der Waals surface area contributed by atoms with Crippen molar-refractivity contribution < 1.29 is 13.9 Å². The molecule has 1 aliphatic rings. The van der Waals surface area contributed by atoms with Gasteiger partial charge in [-0.15, -0.1) is 0 Å². The number of fused-ring (bicyclic) bond motifs is 1. The second-order valence-corrected chi connectivity index (χ2v) is 7.86. The monoisotopic (exact) mass is 421 g/mol. The van der Waals surface area contributed by atoms with E-state index in [1.807, 2.05) is 37.5 Å². The van der Waals surface area contributed by atoms with Gasteiger partial charge < -0.3 is 14.1 Å². The van der Waals surface area contributed by atoms with Crippen molar-refractivity contribution in [2.45, 2.75) is 20.3 Å². The van der Waals surface area contributed by atoms with Crippen LogP contribution in [0.4, 0.5) is 5.69 Å². The molecule has 0 atom stereocenters. The number of ether oxygens (including phenoxy) is 1. The summed E-state index contributed by atoms with van der Waals surface area (Å²) in [6.45, 7) is 8.70. The zero-order valence-corrected chi connectivity index (χ0v) is 18.0. The van der Waals surface area contributed by atoms with E-state index in [-0.39, 0.29) is 5.78 Å². The first-order chi connectivity index (χ1) is 15.0. The molecule has 1 fully saturated rings. The lowest BCUT2D eigenvalue weighted by molar-refractivity contribution is 0.101. The van der Waals surface area contributed by atoms with Gasteiger partial charge in [0.15, 0.2) is 11.4 Å². The number of pyridine rings is 1. The number of hydrogen-bond acceptors (Lipinski definition) is 7. The molecule has 1 aliphatic heterocycles. The standard InChI is InChI=1S/C24H27N3O4/c1-17-16-22(29)31-24-20(17)4-5-21(23(24)18(2)28)30-15-3-10-26-11-13-27(14-12-26)19-6-8-25-9-7-19/h4-9,16H,3,10-15H2,1-2H3. The smallest absolute Gasteiger partial charge is 0.336 e. The van der Waals surface area contributed by atoms with Crippen molar-refractivity contribution in [2.24, 2.45) is 0 Å². The predicted molar refractivity (Wildman–Crippen MR) is 120 cm³/mol. The van der Waals surface area contributed by atoms with Crippen LogP contribution in [0.1, 0.15) is 29.3 Å². The van der Waals surface area contributed by atoms with E-state index in [2.05, 4.69) is 14.8 Å². The molecule has 7 heteroatoms. The van der Waals surface area contributed by atoms with Crippen LogP contribution in [0.3, 0.4) is 0 Å². The van der Waals surface area contributed by atoms with Crippen LogP contribution in [0.5, 0.6) is 5.75 Å². The number of aromatic nitrogens is 1. The minimum Gasteiger partial charge on any atom is -0.493 e. The van der Waals surface area contributed by atoms with E-state index in [1.54, 1.807) is 6.07 Å². The number of piperazine rings is 1. The average molecular weight is 421 g/mol. The summed E-state index contributed by atoms with van der Waals surface area (Å²) in [5.74, 6) is 0.290. The van der Waals surface area contributed by atoms with Crippen LogP contribution >= 0.6 is 0 Å². The first-order valence-electron chi connectivity index (χ1n) is 10.6. The maximum absolute atomic E-state index is 12.3. The lowest BCUT2D eigenvalue weighted by Crippen LogP contribution is -2.46. The Kier molecular flexibility index (Phi) is 6.32. The Bertz CT molecular complexity index is 1120. The van der Waals surface area contributed by atoms with Gasteiger partial charge in [-0.1, -0.05) is 0 Å². The van der Waals surface area contributed by atoms with E-state index < -0.39 is 5.63 Å². The Balaban J connectivity index is 1.34. The Hall–Kier alpha value is -3.19. The highest BCUT2D eigenvalue weighted by Gasteiger charge is 2.19. The molecular weight excluding hydrogens is 394 g/mol. The summed E-state index contributed by atoms with van der Waals surface area (Å²) >= 11 is 0. The summed E-state index contributed by atoms with van der Waals surface area (Å²) in [7, 11) is 0. The number of rotatable bonds is 7. The van der Waals surface area contributed by atoms with Crippen molar-refractivity contribution in [3.8, 4) is 5.75 Å². The lowest BCUT2D eigenvalue weighted by atomic mass is 10.0. The fourth-order valence-electron chi connectivity index (χ4n) is 4.07. The molecule has 0 bridgehead atoms. The van der Waals surface area contributed by atoms with Crippen LogP contribution in [0, 0.1) is 6.92 Å². The van der Waals surface area contributed by atoms with Gasteiger partial charge in [0.2, 0.25) is 0 Å². The maximum atomic E-state index is 12.3. The average Bonchev–Trinajstić information content (AvgIpc) is 2.77. The van der Waals surface area contributed by atoms with Crippen molar-refractivity contribution in [3.63, 3.8) is 0 Å². The van der Waals surface area contributed by atoms with Crippen molar-refractivity contribution >= 4 is 22.4 Å². The fraction of sp³-hybridized carbons (Fsp3) is 0.375. The molecule has 0 saturated carbocycles. The Morgan fingerprint density at radius 1 is 1.13 bits per heavy atom. The summed E-state index contributed by atoms with van der Waals surface area (Å²) in [6, 6.07) is 9.15. The normalized spacial score (nSPS) is 14.7. The minimum atomic E-state index is -0.462. The van der Waals surface area contributed by atoms with Crippen LogP contribution in [-0.4, -0.2) is 55.0 Å². The van der Waals surface area contributed by atoms with E-state index in [1.165, 1.54) is 18.7 Å². The first kappa shape index (κ1) is 21.1. The molecule has 0 amide bonds. The molecule has 162 valence electrons. The maximum Gasteiger partial charge on any atom is 0.336 e. The number of carbonyl (C=O) groups excluding carboxylic acids is 1. The molecule has 0 spiro atoms. The lowest BCUT2D eigenvalue weighted by Gasteiger charge is -2.36. The number of aryl methyl sites for hydroxylation is 1. The second-order valence-electron chi connectivity index (χ2n) is 7.86. The van der Waals surface area contributed by atoms with Gasteiger partial charge >= 0.3 is 5.63 Å². The third-order valence-electron chi connectivity index (χ3n) is 5.71. The Labute approximate surface area is 181 Å². The van der Waals surface area contributed by atoms with Gasteiger partial charge in [0.25, 0.3) is 0 Å². The molecular formula is C24H27N3O4. The number of ketones is 1. The third kappa shape index (κ3) is 4.77. The van der Waals surface area contributed by atoms with Crippen LogP contribution < -0.4 is 15.3 Å². The number of anilines is 1. The number of carbonyl (C=O) groups is 1. The minimum absolute atomic E-state index is 0.179. The molecule has 0 N–H and O–H groups in total. The van der Waals surface area contributed by atoms with E-state index in [9.17, 15) is 9.59 Å². The van der Waals surface area contributed by atoms with Crippen molar-refractivity contribution in [3.05, 3.63) is 64.3 Å². The second kappa shape index (κ2) is 9.31. The van der Waals surface area contributed by atoms with Gasteiger partial charge in [-0.25, -0.2) is 4.79 Å². The number of nitrogens with zero attached hydrogens (tertiary/aromatic N) is 3. The van der Waals surface area contributed by atoms with Gasteiger partial charge in [0.05, 0.1) is 6.61 Å². The quantitative estimate of drug-likeness (QED) is 0.329. The molecule has 0 unspecified atom stereocenters. The third-order valence-corrected chi connectivity index (χ3v) is 5.71. The van der Waals surface area contributed by atoms with Crippen LogP contribution in [0.2, 0.25) is 0 Å². The molecule has 4 rings (SSSR count).